The number of anilines is 2. The number of hydrogen-bond acceptors (Lipinski definition) is 6. The number of benzene rings is 1. The summed E-state index contributed by atoms with van der Waals surface area (Å²) in [4.78, 5) is 22.7. The molecule has 1 atom stereocenters. The molecule has 1 aromatic heterocycles. The number of nitrogens with two attached hydrogens (primary N) is 1. The SMILES string of the molecule is N=C(N)c1cccc(N2CC(CN3CCN(c4ccncc4)CC3)OC2=O)c1. The number of nitrogens with one attached hydrogen (secondary N) is 1. The minimum absolute atomic E-state index is 0.0157. The molecule has 1 aromatic carbocycles. The number of ether oxygens (including phenoxy) is 1. The molecule has 0 radical (unpaired) electrons. The molecule has 4 rings (SSSR count). The molecule has 3 N–H and O–H groups in total. The van der Waals surface area contributed by atoms with Crippen molar-refractivity contribution in [2.24, 2.45) is 5.73 Å². The van der Waals surface area contributed by atoms with Gasteiger partial charge in [-0.1, -0.05) is 12.1 Å². The second kappa shape index (κ2) is 7.85. The molecule has 2 aliphatic heterocycles. The number of amides is 1. The molecule has 8 heteroatoms. The fourth-order valence-electron chi connectivity index (χ4n) is 3.70. The van der Waals surface area contributed by atoms with E-state index >= 15 is 0 Å². The maximum atomic E-state index is 12.3. The summed E-state index contributed by atoms with van der Waals surface area (Å²) in [6.07, 6.45) is 3.12. The van der Waals surface area contributed by atoms with Crippen molar-refractivity contribution >= 4 is 23.3 Å². The zero-order valence-electron chi connectivity index (χ0n) is 15.6. The molecule has 2 fully saturated rings. The second-order valence-corrected chi connectivity index (χ2v) is 7.07. The summed E-state index contributed by atoms with van der Waals surface area (Å²) in [5.74, 6) is -0.0157. The summed E-state index contributed by atoms with van der Waals surface area (Å²) in [6, 6.07) is 11.2. The third kappa shape index (κ3) is 3.91. The first kappa shape index (κ1) is 18.2. The molecule has 1 amide bonds. The first-order valence-corrected chi connectivity index (χ1v) is 9.40. The van der Waals surface area contributed by atoms with Crippen molar-refractivity contribution < 1.29 is 9.53 Å². The average Bonchev–Trinajstić information content (AvgIpc) is 3.09. The monoisotopic (exact) mass is 380 g/mol. The van der Waals surface area contributed by atoms with Crippen LogP contribution in [0.25, 0.3) is 0 Å². The molecule has 2 aliphatic rings. The third-order valence-corrected chi connectivity index (χ3v) is 5.20. The van der Waals surface area contributed by atoms with Crippen LogP contribution in [0.15, 0.2) is 48.8 Å². The lowest BCUT2D eigenvalue weighted by atomic mass is 10.1. The van der Waals surface area contributed by atoms with Gasteiger partial charge in [0, 0.05) is 62.1 Å². The zero-order valence-corrected chi connectivity index (χ0v) is 15.6. The highest BCUT2D eigenvalue weighted by atomic mass is 16.6. The first-order chi connectivity index (χ1) is 13.6. The summed E-state index contributed by atoms with van der Waals surface area (Å²) < 4.78 is 5.58. The number of aromatic nitrogens is 1. The van der Waals surface area contributed by atoms with Crippen molar-refractivity contribution in [2.75, 3.05) is 49.1 Å². The number of nitrogens with zero attached hydrogens (tertiary/aromatic N) is 4. The highest BCUT2D eigenvalue weighted by Crippen LogP contribution is 2.23. The number of nitrogen functional groups attached to an aromatic ring is 1. The molecular weight excluding hydrogens is 356 g/mol. The maximum Gasteiger partial charge on any atom is 0.414 e. The standard InChI is InChI=1S/C20H24N6O2/c21-19(22)15-2-1-3-17(12-15)26-14-18(28-20(26)27)13-24-8-10-25(11-9-24)16-4-6-23-7-5-16/h1-7,12,18H,8-11,13-14H2,(H3,21,22). The van der Waals surface area contributed by atoms with Gasteiger partial charge in [-0.3, -0.25) is 20.2 Å². The fraction of sp³-hybridized carbons (Fsp3) is 0.350. The molecule has 2 saturated heterocycles. The Morgan fingerprint density at radius 1 is 1.14 bits per heavy atom. The highest BCUT2D eigenvalue weighted by Gasteiger charge is 2.34. The van der Waals surface area contributed by atoms with Crippen molar-refractivity contribution in [1.82, 2.24) is 9.88 Å². The van der Waals surface area contributed by atoms with Crippen LogP contribution in [0.5, 0.6) is 0 Å². The minimum Gasteiger partial charge on any atom is -0.443 e. The number of amidine groups is 1. The van der Waals surface area contributed by atoms with Gasteiger partial charge in [0.15, 0.2) is 0 Å². The molecular formula is C20H24N6O2. The van der Waals surface area contributed by atoms with Gasteiger partial charge in [0.1, 0.15) is 11.9 Å². The van der Waals surface area contributed by atoms with Crippen LogP contribution in [0.2, 0.25) is 0 Å². The van der Waals surface area contributed by atoms with Crippen LogP contribution in [-0.4, -0.2) is 67.2 Å². The second-order valence-electron chi connectivity index (χ2n) is 7.07. The summed E-state index contributed by atoms with van der Waals surface area (Å²) >= 11 is 0. The Morgan fingerprint density at radius 2 is 1.89 bits per heavy atom. The van der Waals surface area contributed by atoms with Gasteiger partial charge in [-0.2, -0.15) is 0 Å². The van der Waals surface area contributed by atoms with E-state index in [1.807, 2.05) is 30.6 Å². The van der Waals surface area contributed by atoms with Crippen LogP contribution in [0.1, 0.15) is 5.56 Å². The summed E-state index contributed by atoms with van der Waals surface area (Å²) in [5, 5.41) is 7.57. The lowest BCUT2D eigenvalue weighted by Crippen LogP contribution is -2.49. The van der Waals surface area contributed by atoms with Crippen LogP contribution in [0.3, 0.4) is 0 Å². The quantitative estimate of drug-likeness (QED) is 0.603. The first-order valence-electron chi connectivity index (χ1n) is 9.40. The minimum atomic E-state index is -0.346. The predicted octanol–water partition coefficient (Wildman–Crippen LogP) is 1.51. The van der Waals surface area contributed by atoms with E-state index in [0.717, 1.165) is 32.7 Å². The maximum absolute atomic E-state index is 12.3. The Morgan fingerprint density at radius 3 is 2.61 bits per heavy atom. The summed E-state index contributed by atoms with van der Waals surface area (Å²) in [6.45, 7) is 4.96. The number of piperazine rings is 1. The molecule has 146 valence electrons. The van der Waals surface area contributed by atoms with Crippen LogP contribution in [0, 0.1) is 5.41 Å². The van der Waals surface area contributed by atoms with Gasteiger partial charge in [-0.25, -0.2) is 4.79 Å². The van der Waals surface area contributed by atoms with Gasteiger partial charge in [0.05, 0.1) is 6.54 Å². The lowest BCUT2D eigenvalue weighted by molar-refractivity contribution is 0.106. The van der Waals surface area contributed by atoms with Gasteiger partial charge in [-0.15, -0.1) is 0 Å². The lowest BCUT2D eigenvalue weighted by Gasteiger charge is -2.36. The molecule has 0 bridgehead atoms. The zero-order chi connectivity index (χ0) is 19.5. The van der Waals surface area contributed by atoms with Crippen molar-refractivity contribution in [3.8, 4) is 0 Å². The molecule has 0 saturated carbocycles. The van der Waals surface area contributed by atoms with E-state index in [9.17, 15) is 4.79 Å². The number of cyclic esters (lactones) is 1. The van der Waals surface area contributed by atoms with Gasteiger partial charge < -0.3 is 15.4 Å². The van der Waals surface area contributed by atoms with Crippen molar-refractivity contribution in [1.29, 1.82) is 5.41 Å². The van der Waals surface area contributed by atoms with E-state index in [1.165, 1.54) is 5.69 Å². The van der Waals surface area contributed by atoms with Gasteiger partial charge in [0.25, 0.3) is 0 Å². The summed E-state index contributed by atoms with van der Waals surface area (Å²) in [7, 11) is 0. The largest absolute Gasteiger partial charge is 0.443 e. The molecule has 2 aromatic rings. The smallest absolute Gasteiger partial charge is 0.414 e. The molecule has 1 unspecified atom stereocenters. The fourth-order valence-corrected chi connectivity index (χ4v) is 3.70. The van der Waals surface area contributed by atoms with Crippen molar-refractivity contribution in [3.05, 3.63) is 54.4 Å². The van der Waals surface area contributed by atoms with Gasteiger partial charge in [-0.05, 0) is 24.3 Å². The van der Waals surface area contributed by atoms with Crippen molar-refractivity contribution in [3.63, 3.8) is 0 Å². The van der Waals surface area contributed by atoms with E-state index in [1.54, 1.807) is 23.1 Å². The topological polar surface area (TPSA) is 98.8 Å². The Kier molecular flexibility index (Phi) is 5.12. The number of rotatable bonds is 5. The Bertz CT molecular complexity index is 851. The number of pyridine rings is 1. The summed E-state index contributed by atoms with van der Waals surface area (Å²) in [5.41, 5.74) is 8.06. The third-order valence-electron chi connectivity index (χ3n) is 5.20. The normalized spacial score (nSPS) is 20.3. The van der Waals surface area contributed by atoms with E-state index in [4.69, 9.17) is 15.9 Å². The highest BCUT2D eigenvalue weighted by molar-refractivity contribution is 5.97. The Hall–Kier alpha value is -3.13. The van der Waals surface area contributed by atoms with Crippen LogP contribution >= 0.6 is 0 Å². The van der Waals surface area contributed by atoms with E-state index in [-0.39, 0.29) is 18.0 Å². The molecule has 0 spiro atoms. The Labute approximate surface area is 164 Å². The number of carbonyl (C=O) groups is 1. The molecule has 3 heterocycles. The molecule has 0 aliphatic carbocycles. The van der Waals surface area contributed by atoms with Crippen LogP contribution in [0.4, 0.5) is 16.2 Å². The number of carbonyl (C=O) groups excluding carboxylic acids is 1. The van der Waals surface area contributed by atoms with Crippen molar-refractivity contribution in [2.45, 2.75) is 6.10 Å². The number of hydrogen-bond donors (Lipinski definition) is 2. The molecule has 8 nitrogen and oxygen atoms in total. The van der Waals surface area contributed by atoms with Gasteiger partial charge >= 0.3 is 6.09 Å². The Balaban J connectivity index is 1.33. The van der Waals surface area contributed by atoms with Gasteiger partial charge in [0.2, 0.25) is 0 Å². The van der Waals surface area contributed by atoms with E-state index < -0.39 is 0 Å². The van der Waals surface area contributed by atoms with Crippen LogP contribution < -0.4 is 15.5 Å². The predicted molar refractivity (Wildman–Crippen MR) is 108 cm³/mol. The van der Waals surface area contributed by atoms with E-state index in [2.05, 4.69) is 14.8 Å². The van der Waals surface area contributed by atoms with Crippen LogP contribution in [-0.2, 0) is 4.74 Å². The molecule has 28 heavy (non-hydrogen) atoms. The van der Waals surface area contributed by atoms with E-state index in [0.29, 0.717) is 17.8 Å². The average molecular weight is 380 g/mol.